The normalized spacial score (nSPS) is 11.2. The van der Waals surface area contributed by atoms with Crippen LogP contribution in [0.1, 0.15) is 124 Å². The molecule has 0 aliphatic rings. The number of halogens is 4. The van der Waals surface area contributed by atoms with Gasteiger partial charge in [-0.15, -0.1) is 11.6 Å². The third-order valence-corrected chi connectivity index (χ3v) is 13.3. The Labute approximate surface area is 443 Å². The standard InChI is InChI=1S/C19H29BrO4.C15H21BrO4.C11H21ClO2.C8H9BrO2/c1-13(2)12-24-18(21)19(4,5)8-7-9-23-17-10-14(3)15(20)11-16(17)22-6;1-10-8-13(12(19-4)9-11(10)16)20-7-5-6-15(2,3)14(17)18;1-9(2)8-14-10(13)11(3,4)6-5-7-12;1-5-3-7(10)8(11-2)4-6(5)9/h10-11,13H,7-9,12H2,1-6H3;8-9H,5-7H2,1-4H3,(H,17,18);9H,5-8H2,1-4H3;3-4,10H,1-2H3. The van der Waals surface area contributed by atoms with Crippen molar-refractivity contribution in [2.24, 2.45) is 28.1 Å². The number of hydrogen-bond donors (Lipinski definition) is 2. The number of aromatic hydroxyl groups is 1. The van der Waals surface area contributed by atoms with E-state index in [-0.39, 0.29) is 17.7 Å². The second-order valence-corrected chi connectivity index (χ2v) is 22.4. The minimum absolute atomic E-state index is 0.115. The Morgan fingerprint density at radius 2 is 0.884 bits per heavy atom. The second kappa shape index (κ2) is 32.5. The molecule has 0 saturated heterocycles. The lowest BCUT2D eigenvalue weighted by Crippen LogP contribution is -2.28. The second-order valence-electron chi connectivity index (χ2n) is 19.4. The summed E-state index contributed by atoms with van der Waals surface area (Å²) in [6.45, 7) is 27.0. The molecule has 3 aromatic rings. The summed E-state index contributed by atoms with van der Waals surface area (Å²) in [4.78, 5) is 34.7. The highest BCUT2D eigenvalue weighted by Crippen LogP contribution is 2.36. The molecule has 0 fully saturated rings. The number of alkyl halides is 1. The zero-order chi connectivity index (χ0) is 53.3. The number of carboxylic acid groups (broad SMARTS) is 1. The summed E-state index contributed by atoms with van der Waals surface area (Å²) in [6, 6.07) is 11.0. The van der Waals surface area contributed by atoms with Crippen LogP contribution in [0.15, 0.2) is 49.8 Å². The Hall–Kier alpha value is -3.40. The summed E-state index contributed by atoms with van der Waals surface area (Å²) in [5, 5.41) is 18.3. The van der Waals surface area contributed by atoms with Crippen LogP contribution in [0.25, 0.3) is 0 Å². The first-order valence-electron chi connectivity index (χ1n) is 23.1. The van der Waals surface area contributed by atoms with Gasteiger partial charge in [0, 0.05) is 19.3 Å². The summed E-state index contributed by atoms with van der Waals surface area (Å²) in [6.07, 6.45) is 4.36. The highest BCUT2D eigenvalue weighted by Gasteiger charge is 2.30. The number of ether oxygens (including phenoxy) is 7. The van der Waals surface area contributed by atoms with Gasteiger partial charge in [0.2, 0.25) is 0 Å². The predicted molar refractivity (Wildman–Crippen MR) is 288 cm³/mol. The molecule has 69 heavy (non-hydrogen) atoms. The number of phenols is 1. The van der Waals surface area contributed by atoms with Gasteiger partial charge in [0.25, 0.3) is 0 Å². The van der Waals surface area contributed by atoms with Crippen molar-refractivity contribution < 1.29 is 57.8 Å². The van der Waals surface area contributed by atoms with Gasteiger partial charge in [-0.3, -0.25) is 14.4 Å². The molecule has 0 heterocycles. The predicted octanol–water partition coefficient (Wildman–Crippen LogP) is 14.9. The molecule has 0 atom stereocenters. The molecular weight excluding hydrogens is 1100 g/mol. The van der Waals surface area contributed by atoms with E-state index in [1.165, 1.54) is 7.11 Å². The van der Waals surface area contributed by atoms with Crippen molar-refractivity contribution >= 4 is 77.3 Å². The number of carbonyl (C=O) groups excluding carboxylic acids is 2. The first-order chi connectivity index (χ1) is 32.0. The van der Waals surface area contributed by atoms with Gasteiger partial charge in [-0.1, -0.05) is 75.5 Å². The van der Waals surface area contributed by atoms with Crippen molar-refractivity contribution in [1.29, 1.82) is 0 Å². The third-order valence-electron chi connectivity index (χ3n) is 10.5. The molecule has 2 N–H and O–H groups in total. The zero-order valence-corrected chi connectivity index (χ0v) is 49.4. The van der Waals surface area contributed by atoms with Crippen molar-refractivity contribution in [1.82, 2.24) is 0 Å². The van der Waals surface area contributed by atoms with Crippen molar-refractivity contribution in [2.75, 3.05) is 53.6 Å². The lowest BCUT2D eigenvalue weighted by molar-refractivity contribution is -0.156. The molecule has 0 saturated carbocycles. The van der Waals surface area contributed by atoms with Crippen LogP contribution in [-0.2, 0) is 23.9 Å². The Kier molecular flexibility index (Phi) is 30.9. The number of carboxylic acids is 1. The number of esters is 2. The Morgan fingerprint density at radius 3 is 1.22 bits per heavy atom. The molecule has 0 spiro atoms. The number of carbonyl (C=O) groups is 3. The largest absolute Gasteiger partial charge is 0.504 e. The summed E-state index contributed by atoms with van der Waals surface area (Å²) < 4.78 is 40.5. The maximum absolute atomic E-state index is 12.1. The number of aryl methyl sites for hydroxylation is 3. The summed E-state index contributed by atoms with van der Waals surface area (Å²) >= 11 is 15.8. The maximum atomic E-state index is 12.1. The van der Waals surface area contributed by atoms with Crippen LogP contribution in [0.4, 0.5) is 0 Å². The number of phenolic OH excluding ortho intramolecular Hbond substituents is 1. The summed E-state index contributed by atoms with van der Waals surface area (Å²) in [5.41, 5.74) is 1.52. The highest BCUT2D eigenvalue weighted by molar-refractivity contribution is 9.11. The van der Waals surface area contributed by atoms with E-state index >= 15 is 0 Å². The number of methoxy groups -OCH3 is 3. The van der Waals surface area contributed by atoms with Crippen molar-refractivity contribution in [3.05, 3.63) is 66.5 Å². The van der Waals surface area contributed by atoms with Crippen LogP contribution in [0.2, 0.25) is 0 Å². The first kappa shape index (κ1) is 65.6. The Bertz CT molecular complexity index is 2040. The minimum atomic E-state index is -0.783. The fraction of sp³-hybridized carbons (Fsp3) is 0.604. The number of aliphatic carboxylic acids is 1. The molecule has 0 amide bonds. The van der Waals surface area contributed by atoms with Gasteiger partial charge in [-0.25, -0.2) is 0 Å². The monoisotopic (exact) mass is 1180 g/mol. The van der Waals surface area contributed by atoms with Gasteiger partial charge >= 0.3 is 17.9 Å². The molecule has 0 radical (unpaired) electrons. The lowest BCUT2D eigenvalue weighted by Gasteiger charge is -2.23. The van der Waals surface area contributed by atoms with Gasteiger partial charge in [0.15, 0.2) is 34.5 Å². The fourth-order valence-corrected chi connectivity index (χ4v) is 6.82. The zero-order valence-electron chi connectivity index (χ0n) is 43.9. The third kappa shape index (κ3) is 25.5. The quantitative estimate of drug-likeness (QED) is 0.0527. The van der Waals surface area contributed by atoms with Gasteiger partial charge in [0.1, 0.15) is 0 Å². The van der Waals surface area contributed by atoms with Crippen molar-refractivity contribution in [3.63, 3.8) is 0 Å². The summed E-state index contributed by atoms with van der Waals surface area (Å²) in [5.74, 6) is 3.72. The van der Waals surface area contributed by atoms with E-state index in [0.717, 1.165) is 55.1 Å². The summed E-state index contributed by atoms with van der Waals surface area (Å²) in [7, 11) is 4.74. The van der Waals surface area contributed by atoms with E-state index in [0.29, 0.717) is 86.4 Å². The van der Waals surface area contributed by atoms with Crippen molar-refractivity contribution in [2.45, 2.75) is 129 Å². The first-order valence-corrected chi connectivity index (χ1v) is 26.0. The lowest BCUT2D eigenvalue weighted by atomic mass is 9.88. The molecule has 16 heteroatoms. The van der Waals surface area contributed by atoms with E-state index in [9.17, 15) is 19.5 Å². The maximum Gasteiger partial charge on any atom is 0.311 e. The van der Waals surface area contributed by atoms with E-state index in [1.807, 2.05) is 100 Å². The van der Waals surface area contributed by atoms with Crippen LogP contribution < -0.4 is 23.7 Å². The molecule has 0 bridgehead atoms. The Morgan fingerprint density at radius 1 is 0.551 bits per heavy atom. The van der Waals surface area contributed by atoms with Gasteiger partial charge in [0.05, 0.1) is 64.0 Å². The molecule has 0 unspecified atom stereocenters. The molecule has 0 aromatic heterocycles. The average molecular weight is 1180 g/mol. The van der Waals surface area contributed by atoms with Crippen LogP contribution >= 0.6 is 59.4 Å². The Balaban J connectivity index is 0.000000930. The van der Waals surface area contributed by atoms with Crippen LogP contribution in [0.5, 0.6) is 34.5 Å². The fourth-order valence-electron chi connectivity index (χ4n) is 5.72. The number of benzene rings is 3. The molecule has 0 aliphatic heterocycles. The van der Waals surface area contributed by atoms with E-state index in [4.69, 9.17) is 49.9 Å². The number of hydrogen-bond acceptors (Lipinski definition) is 11. The van der Waals surface area contributed by atoms with E-state index in [2.05, 4.69) is 47.8 Å². The molecular formula is C53H80Br3ClO12. The van der Waals surface area contributed by atoms with Gasteiger partial charge in [-0.05, 0) is 166 Å². The number of rotatable bonds is 23. The van der Waals surface area contributed by atoms with Gasteiger partial charge in [-0.2, -0.15) is 0 Å². The molecule has 0 aliphatic carbocycles. The van der Waals surface area contributed by atoms with Crippen LogP contribution in [0.3, 0.4) is 0 Å². The molecule has 3 aromatic carbocycles. The molecule has 392 valence electrons. The minimum Gasteiger partial charge on any atom is -0.504 e. The molecule has 12 nitrogen and oxygen atoms in total. The topological polar surface area (TPSA) is 156 Å². The SMILES string of the molecule is CC(C)COC(=O)C(C)(C)CCCCl.COc1cc(Br)c(C)cc1O.COc1cc(Br)c(C)cc1OCCCC(C)(C)C(=O)O.COc1cc(Br)c(C)cc1OCCCC(C)(C)C(=O)OCC(C)C. The van der Waals surface area contributed by atoms with E-state index in [1.54, 1.807) is 40.2 Å². The van der Waals surface area contributed by atoms with E-state index < -0.39 is 22.2 Å². The van der Waals surface area contributed by atoms with Crippen LogP contribution in [-0.4, -0.2) is 81.8 Å². The smallest absolute Gasteiger partial charge is 0.311 e. The average Bonchev–Trinajstić information content (AvgIpc) is 3.27. The highest BCUT2D eigenvalue weighted by atomic mass is 79.9. The van der Waals surface area contributed by atoms with Crippen molar-refractivity contribution in [3.8, 4) is 34.5 Å². The van der Waals surface area contributed by atoms with Gasteiger partial charge < -0.3 is 43.4 Å². The molecule has 3 rings (SSSR count). The van der Waals surface area contributed by atoms with Crippen LogP contribution in [0, 0.1) is 48.9 Å².